The lowest BCUT2D eigenvalue weighted by Crippen LogP contribution is -2.14. The van der Waals surface area contributed by atoms with Crippen molar-refractivity contribution in [1.29, 1.82) is 0 Å². The van der Waals surface area contributed by atoms with Crippen molar-refractivity contribution in [2.75, 3.05) is 0 Å². The summed E-state index contributed by atoms with van der Waals surface area (Å²) < 4.78 is 5.23. The van der Waals surface area contributed by atoms with Gasteiger partial charge in [-0.05, 0) is 30.3 Å². The van der Waals surface area contributed by atoms with E-state index < -0.39 is 0 Å². The number of rotatable bonds is 5. The molecule has 0 fully saturated rings. The Hall–Kier alpha value is -1.95. The molecule has 0 bridgehead atoms. The maximum absolute atomic E-state index is 6.12. The molecule has 0 atom stereocenters. The van der Waals surface area contributed by atoms with E-state index in [9.17, 15) is 0 Å². The molecule has 112 valence electrons. The molecule has 22 heavy (non-hydrogen) atoms. The van der Waals surface area contributed by atoms with Crippen molar-refractivity contribution in [3.63, 3.8) is 0 Å². The van der Waals surface area contributed by atoms with Crippen molar-refractivity contribution < 1.29 is 4.52 Å². The molecule has 0 unspecified atom stereocenters. The van der Waals surface area contributed by atoms with E-state index in [1.54, 1.807) is 24.4 Å². The lowest BCUT2D eigenvalue weighted by Gasteiger charge is -2.00. The average molecular weight is 335 g/mol. The molecule has 1 aromatic carbocycles. The van der Waals surface area contributed by atoms with E-state index in [2.05, 4.69) is 20.4 Å². The largest absolute Gasteiger partial charge is 0.334 e. The Kier molecular flexibility index (Phi) is 4.68. The summed E-state index contributed by atoms with van der Waals surface area (Å²) in [4.78, 5) is 8.54. The first-order valence-corrected chi connectivity index (χ1v) is 7.36. The zero-order chi connectivity index (χ0) is 15.4. The monoisotopic (exact) mass is 334 g/mol. The Bertz CT molecular complexity index is 761. The maximum Gasteiger partial charge on any atom is 0.259 e. The number of halogens is 2. The van der Waals surface area contributed by atoms with Gasteiger partial charge in [-0.15, -0.1) is 0 Å². The zero-order valence-electron chi connectivity index (χ0n) is 11.5. The molecule has 1 N–H and O–H groups in total. The van der Waals surface area contributed by atoms with Crippen LogP contribution in [0, 0.1) is 0 Å². The van der Waals surface area contributed by atoms with E-state index in [1.165, 1.54) is 0 Å². The van der Waals surface area contributed by atoms with Gasteiger partial charge in [0.15, 0.2) is 5.82 Å². The van der Waals surface area contributed by atoms with Gasteiger partial charge < -0.3 is 9.84 Å². The third-order valence-electron chi connectivity index (χ3n) is 2.95. The highest BCUT2D eigenvalue weighted by molar-refractivity contribution is 6.36. The Morgan fingerprint density at radius 3 is 2.77 bits per heavy atom. The Balaban J connectivity index is 1.64. The smallest absolute Gasteiger partial charge is 0.259 e. The minimum absolute atomic E-state index is 0.372. The molecule has 0 aliphatic heterocycles. The molecular weight excluding hydrogens is 323 g/mol. The summed E-state index contributed by atoms with van der Waals surface area (Å²) in [5, 5.41) is 8.17. The van der Waals surface area contributed by atoms with Gasteiger partial charge in [0.2, 0.25) is 0 Å². The number of nitrogens with zero attached hydrogens (tertiary/aromatic N) is 3. The highest BCUT2D eigenvalue weighted by atomic mass is 35.5. The minimum atomic E-state index is 0.372. The molecule has 2 heterocycles. The minimum Gasteiger partial charge on any atom is -0.334 e. The fourth-order valence-electron chi connectivity index (χ4n) is 1.90. The van der Waals surface area contributed by atoms with E-state index >= 15 is 0 Å². The highest BCUT2D eigenvalue weighted by Gasteiger charge is 2.12. The van der Waals surface area contributed by atoms with Crippen LogP contribution < -0.4 is 5.32 Å². The van der Waals surface area contributed by atoms with E-state index in [4.69, 9.17) is 27.7 Å². The van der Waals surface area contributed by atoms with Gasteiger partial charge in [-0.2, -0.15) is 4.98 Å². The van der Waals surface area contributed by atoms with Gasteiger partial charge in [0, 0.05) is 17.8 Å². The lowest BCUT2D eigenvalue weighted by molar-refractivity contribution is 0.419. The predicted molar refractivity (Wildman–Crippen MR) is 84.5 cm³/mol. The normalized spacial score (nSPS) is 10.8. The summed E-state index contributed by atoms with van der Waals surface area (Å²) in [7, 11) is 0. The summed E-state index contributed by atoms with van der Waals surface area (Å²) in [6.45, 7) is 1.11. The molecule has 3 rings (SSSR count). The third kappa shape index (κ3) is 3.62. The number of hydrogen-bond donors (Lipinski definition) is 1. The molecule has 3 aromatic rings. The summed E-state index contributed by atoms with van der Waals surface area (Å²) in [6.07, 6.45) is 1.76. The second-order valence-corrected chi connectivity index (χ2v) is 5.41. The molecule has 0 aliphatic rings. The Morgan fingerprint density at radius 2 is 2.00 bits per heavy atom. The number of hydrogen-bond acceptors (Lipinski definition) is 5. The molecule has 5 nitrogen and oxygen atoms in total. The summed E-state index contributed by atoms with van der Waals surface area (Å²) in [5.41, 5.74) is 1.61. The van der Waals surface area contributed by atoms with Crippen molar-refractivity contribution in [1.82, 2.24) is 20.4 Å². The second-order valence-electron chi connectivity index (χ2n) is 4.56. The van der Waals surface area contributed by atoms with Crippen molar-refractivity contribution in [2.24, 2.45) is 0 Å². The van der Waals surface area contributed by atoms with Crippen LogP contribution in [-0.4, -0.2) is 15.1 Å². The van der Waals surface area contributed by atoms with E-state index in [0.29, 0.717) is 40.4 Å². The fraction of sp³-hybridized carbons (Fsp3) is 0.133. The highest BCUT2D eigenvalue weighted by Crippen LogP contribution is 2.28. The molecular formula is C15H12Cl2N4O. The number of nitrogens with one attached hydrogen (secondary N) is 1. The molecule has 0 amide bonds. The summed E-state index contributed by atoms with van der Waals surface area (Å²) >= 11 is 12.0. The van der Waals surface area contributed by atoms with Crippen LogP contribution in [0.5, 0.6) is 0 Å². The van der Waals surface area contributed by atoms with Crippen molar-refractivity contribution in [2.45, 2.75) is 13.1 Å². The van der Waals surface area contributed by atoms with Crippen LogP contribution in [0.1, 0.15) is 11.5 Å². The first-order chi connectivity index (χ1) is 10.7. The second kappa shape index (κ2) is 6.87. The van der Waals surface area contributed by atoms with Gasteiger partial charge >= 0.3 is 0 Å². The quantitative estimate of drug-likeness (QED) is 0.770. The van der Waals surface area contributed by atoms with Crippen LogP contribution in [0.2, 0.25) is 10.0 Å². The lowest BCUT2D eigenvalue weighted by atomic mass is 10.2. The summed E-state index contributed by atoms with van der Waals surface area (Å²) in [5.74, 6) is 0.924. The van der Waals surface area contributed by atoms with Gasteiger partial charge in [0.05, 0.1) is 22.8 Å². The molecule has 0 spiro atoms. The topological polar surface area (TPSA) is 63.8 Å². The van der Waals surface area contributed by atoms with Crippen LogP contribution in [-0.2, 0) is 13.1 Å². The average Bonchev–Trinajstić information content (AvgIpc) is 2.97. The van der Waals surface area contributed by atoms with Crippen LogP contribution in [0.3, 0.4) is 0 Å². The molecule has 0 aliphatic carbocycles. The molecule has 2 aromatic heterocycles. The molecule has 7 heteroatoms. The predicted octanol–water partition coefficient (Wildman–Crippen LogP) is 3.73. The van der Waals surface area contributed by atoms with Crippen LogP contribution in [0.15, 0.2) is 47.1 Å². The standard InChI is InChI=1S/C15H12Cl2N4O/c16-10-4-5-12(13(17)7-10)15-20-14(21-22-15)9-18-8-11-3-1-2-6-19-11/h1-7,18H,8-9H2. The number of benzene rings is 1. The fourth-order valence-corrected chi connectivity index (χ4v) is 2.39. The Labute approximate surface area is 137 Å². The zero-order valence-corrected chi connectivity index (χ0v) is 13.0. The van der Waals surface area contributed by atoms with Crippen LogP contribution in [0.25, 0.3) is 11.5 Å². The maximum atomic E-state index is 6.12. The number of pyridine rings is 1. The first kappa shape index (κ1) is 15.0. The van der Waals surface area contributed by atoms with Crippen molar-refractivity contribution in [3.8, 4) is 11.5 Å². The number of aromatic nitrogens is 3. The van der Waals surface area contributed by atoms with Crippen LogP contribution >= 0.6 is 23.2 Å². The van der Waals surface area contributed by atoms with Gasteiger partial charge in [-0.25, -0.2) is 0 Å². The van der Waals surface area contributed by atoms with Crippen molar-refractivity contribution >= 4 is 23.2 Å². The Morgan fingerprint density at radius 1 is 1.09 bits per heavy atom. The van der Waals surface area contributed by atoms with Crippen molar-refractivity contribution in [3.05, 3.63) is 64.2 Å². The van der Waals surface area contributed by atoms with Gasteiger partial charge in [0.25, 0.3) is 5.89 Å². The summed E-state index contributed by atoms with van der Waals surface area (Å²) in [6, 6.07) is 10.9. The van der Waals surface area contributed by atoms with Crippen LogP contribution in [0.4, 0.5) is 0 Å². The first-order valence-electron chi connectivity index (χ1n) is 6.61. The molecule has 0 radical (unpaired) electrons. The van der Waals surface area contributed by atoms with E-state index in [0.717, 1.165) is 5.69 Å². The molecule has 0 saturated carbocycles. The van der Waals surface area contributed by atoms with Gasteiger partial charge in [-0.1, -0.05) is 34.4 Å². The van der Waals surface area contributed by atoms with Gasteiger partial charge in [0.1, 0.15) is 0 Å². The van der Waals surface area contributed by atoms with E-state index in [1.807, 2.05) is 18.2 Å². The van der Waals surface area contributed by atoms with Gasteiger partial charge in [-0.3, -0.25) is 4.98 Å². The SMILES string of the molecule is Clc1ccc(-c2nc(CNCc3ccccn3)no2)c(Cl)c1. The third-order valence-corrected chi connectivity index (χ3v) is 3.49. The molecule has 0 saturated heterocycles. The van der Waals surface area contributed by atoms with E-state index in [-0.39, 0.29) is 0 Å².